The number of thiol groups is 1. The van der Waals surface area contributed by atoms with Gasteiger partial charge >= 0.3 is 0 Å². The number of fused-ring (bicyclic) bond motifs is 1. The molecule has 4 nitrogen and oxygen atoms in total. The van der Waals surface area contributed by atoms with Crippen LogP contribution in [0.5, 0.6) is 0 Å². The van der Waals surface area contributed by atoms with Gasteiger partial charge in [-0.3, -0.25) is 0 Å². The largest absolute Gasteiger partial charge is 0.361 e. The highest BCUT2D eigenvalue weighted by molar-refractivity contribution is 7.73. The molecule has 0 saturated heterocycles. The molecule has 1 atom stereocenters. The second-order valence-corrected chi connectivity index (χ2v) is 4.89. The first kappa shape index (κ1) is 11.2. The number of hydrogen-bond acceptors (Lipinski definition) is 3. The lowest BCUT2D eigenvalue weighted by molar-refractivity contribution is 0.582. The van der Waals surface area contributed by atoms with E-state index in [1.807, 2.05) is 30.5 Å². The van der Waals surface area contributed by atoms with Crippen LogP contribution < -0.4 is 5.32 Å². The maximum Gasteiger partial charge on any atom is 0.156 e. The van der Waals surface area contributed by atoms with Gasteiger partial charge in [0.25, 0.3) is 0 Å². The van der Waals surface area contributed by atoms with Crippen molar-refractivity contribution in [1.29, 1.82) is 0 Å². The van der Waals surface area contributed by atoms with E-state index in [9.17, 15) is 8.42 Å². The van der Waals surface area contributed by atoms with Crippen molar-refractivity contribution in [2.75, 3.05) is 7.05 Å². The van der Waals surface area contributed by atoms with Gasteiger partial charge in [-0.2, -0.15) is 0 Å². The molecule has 0 aliphatic carbocycles. The zero-order valence-electron chi connectivity index (χ0n) is 8.93. The second kappa shape index (κ2) is 4.67. The van der Waals surface area contributed by atoms with E-state index in [1.165, 1.54) is 0 Å². The number of benzene rings is 1. The smallest absolute Gasteiger partial charge is 0.156 e. The number of H-pyrrole nitrogens is 1. The molecule has 0 bridgehead atoms. The minimum absolute atomic E-state index is 0.494. The van der Waals surface area contributed by atoms with Gasteiger partial charge in [0.1, 0.15) is 5.37 Å². The molecular weight excluding hydrogens is 224 g/mol. The van der Waals surface area contributed by atoms with Gasteiger partial charge in [0.2, 0.25) is 0 Å². The van der Waals surface area contributed by atoms with Crippen molar-refractivity contribution in [3.05, 3.63) is 36.0 Å². The Bertz CT molecular complexity index is 552. The Kier molecular flexibility index (Phi) is 3.26. The number of nitrogens with one attached hydrogen (secondary N) is 2. The number of hydrogen-bond donors (Lipinski definition) is 3. The van der Waals surface area contributed by atoms with Crippen LogP contribution in [0.15, 0.2) is 30.5 Å². The molecular formula is C11H14N2O2S. The average molecular weight is 238 g/mol. The van der Waals surface area contributed by atoms with Gasteiger partial charge < -0.3 is 10.3 Å². The molecule has 2 N–H and O–H groups in total. The summed E-state index contributed by atoms with van der Waals surface area (Å²) in [6.45, 7) is 0. The fourth-order valence-electron chi connectivity index (χ4n) is 1.73. The van der Waals surface area contributed by atoms with E-state index in [2.05, 4.69) is 10.3 Å². The number of aromatic nitrogens is 1. The third kappa shape index (κ3) is 2.25. The molecule has 1 unspecified atom stereocenters. The molecule has 1 aromatic carbocycles. The SMILES string of the molecule is CNC(Cc1ccc2[nH]ccc2c1)[SH](=O)=O. The van der Waals surface area contributed by atoms with Crippen molar-refractivity contribution in [3.63, 3.8) is 0 Å². The fourth-order valence-corrected chi connectivity index (χ4v) is 2.31. The third-order valence-electron chi connectivity index (χ3n) is 2.63. The summed E-state index contributed by atoms with van der Waals surface area (Å²) in [5.41, 5.74) is 2.09. The van der Waals surface area contributed by atoms with E-state index in [0.29, 0.717) is 6.42 Å². The normalized spacial score (nSPS) is 13.4. The molecule has 5 heteroatoms. The predicted molar refractivity (Wildman–Crippen MR) is 65.2 cm³/mol. The standard InChI is InChI=1S/C11H14N2O2S/c1-12-11(16(14)15)7-8-2-3-10-9(6-8)4-5-13-10/h2-6,11-13,16H,7H2,1H3. The monoisotopic (exact) mass is 238 g/mol. The van der Waals surface area contributed by atoms with E-state index < -0.39 is 16.1 Å². The van der Waals surface area contributed by atoms with Crippen LogP contribution in [0.3, 0.4) is 0 Å². The minimum atomic E-state index is -2.44. The highest BCUT2D eigenvalue weighted by Crippen LogP contribution is 2.15. The van der Waals surface area contributed by atoms with Crippen molar-refractivity contribution in [3.8, 4) is 0 Å². The Labute approximate surface area is 95.6 Å². The summed E-state index contributed by atoms with van der Waals surface area (Å²) < 4.78 is 21.8. The summed E-state index contributed by atoms with van der Waals surface area (Å²) in [4.78, 5) is 3.10. The molecule has 0 saturated carbocycles. The van der Waals surface area contributed by atoms with Crippen LogP contribution in [0.4, 0.5) is 0 Å². The van der Waals surface area contributed by atoms with Crippen LogP contribution >= 0.6 is 0 Å². The van der Waals surface area contributed by atoms with Crippen LogP contribution in [-0.4, -0.2) is 25.8 Å². The zero-order valence-corrected chi connectivity index (χ0v) is 9.83. The Hall–Kier alpha value is -1.33. The maximum atomic E-state index is 10.9. The van der Waals surface area contributed by atoms with Crippen molar-refractivity contribution in [2.45, 2.75) is 11.8 Å². The number of aromatic amines is 1. The Morgan fingerprint density at radius 1 is 1.38 bits per heavy atom. The Morgan fingerprint density at radius 2 is 2.19 bits per heavy atom. The van der Waals surface area contributed by atoms with Gasteiger partial charge in [-0.1, -0.05) is 6.07 Å². The summed E-state index contributed by atoms with van der Waals surface area (Å²) in [7, 11) is -0.781. The summed E-state index contributed by atoms with van der Waals surface area (Å²) in [5.74, 6) is 0. The topological polar surface area (TPSA) is 62.0 Å². The van der Waals surface area contributed by atoms with Crippen LogP contribution in [0.2, 0.25) is 0 Å². The van der Waals surface area contributed by atoms with Crippen LogP contribution in [-0.2, 0) is 17.1 Å². The molecule has 1 heterocycles. The van der Waals surface area contributed by atoms with Crippen LogP contribution in [0, 0.1) is 0 Å². The quantitative estimate of drug-likeness (QED) is 0.693. The first-order valence-electron chi connectivity index (χ1n) is 5.07. The van der Waals surface area contributed by atoms with Crippen molar-refractivity contribution < 1.29 is 8.42 Å². The summed E-state index contributed by atoms with van der Waals surface area (Å²) in [5, 5.41) is 3.40. The lowest BCUT2D eigenvalue weighted by Gasteiger charge is -2.08. The lowest BCUT2D eigenvalue weighted by Crippen LogP contribution is -2.28. The minimum Gasteiger partial charge on any atom is -0.361 e. The van der Waals surface area contributed by atoms with Crippen LogP contribution in [0.25, 0.3) is 10.9 Å². The molecule has 1 aromatic heterocycles. The molecule has 0 radical (unpaired) electrons. The molecule has 16 heavy (non-hydrogen) atoms. The second-order valence-electron chi connectivity index (χ2n) is 3.69. The molecule has 2 aromatic rings. The Balaban J connectivity index is 2.26. The molecule has 0 aliphatic rings. The maximum absolute atomic E-state index is 10.9. The highest BCUT2D eigenvalue weighted by Gasteiger charge is 2.09. The van der Waals surface area contributed by atoms with Crippen molar-refractivity contribution in [2.24, 2.45) is 0 Å². The lowest BCUT2D eigenvalue weighted by atomic mass is 10.1. The van der Waals surface area contributed by atoms with Crippen molar-refractivity contribution in [1.82, 2.24) is 10.3 Å². The number of likely N-dealkylation sites (N-methyl/N-ethyl adjacent to an activating group) is 1. The van der Waals surface area contributed by atoms with E-state index in [0.717, 1.165) is 16.5 Å². The highest BCUT2D eigenvalue weighted by atomic mass is 32.2. The van der Waals surface area contributed by atoms with E-state index in [4.69, 9.17) is 0 Å². The van der Waals surface area contributed by atoms with Gasteiger partial charge in [-0.25, -0.2) is 8.42 Å². The predicted octanol–water partition coefficient (Wildman–Crippen LogP) is 0.867. The van der Waals surface area contributed by atoms with Gasteiger partial charge in [0, 0.05) is 18.1 Å². The van der Waals surface area contributed by atoms with Crippen LogP contribution in [0.1, 0.15) is 5.56 Å². The molecule has 2 rings (SSSR count). The van der Waals surface area contributed by atoms with Gasteiger partial charge in [0.05, 0.1) is 0 Å². The summed E-state index contributed by atoms with van der Waals surface area (Å²) >= 11 is 0. The van der Waals surface area contributed by atoms with Gasteiger partial charge in [0.15, 0.2) is 10.7 Å². The fraction of sp³-hybridized carbons (Fsp3) is 0.273. The van der Waals surface area contributed by atoms with E-state index >= 15 is 0 Å². The third-order valence-corrected chi connectivity index (χ3v) is 3.58. The first-order chi connectivity index (χ1) is 7.70. The molecule has 86 valence electrons. The van der Waals surface area contributed by atoms with Crippen molar-refractivity contribution >= 4 is 21.6 Å². The first-order valence-corrected chi connectivity index (χ1v) is 6.32. The Morgan fingerprint density at radius 3 is 2.88 bits per heavy atom. The summed E-state index contributed by atoms with van der Waals surface area (Å²) in [6.07, 6.45) is 2.37. The average Bonchev–Trinajstić information content (AvgIpc) is 2.72. The van der Waals surface area contributed by atoms with Gasteiger partial charge in [-0.05, 0) is 36.2 Å². The van der Waals surface area contributed by atoms with E-state index in [-0.39, 0.29) is 0 Å². The molecule has 0 fully saturated rings. The van der Waals surface area contributed by atoms with Gasteiger partial charge in [-0.15, -0.1) is 0 Å². The molecule has 0 amide bonds. The molecule has 0 spiro atoms. The molecule has 0 aliphatic heterocycles. The number of rotatable bonds is 4. The zero-order chi connectivity index (χ0) is 11.5. The van der Waals surface area contributed by atoms with E-state index in [1.54, 1.807) is 7.05 Å². The summed E-state index contributed by atoms with van der Waals surface area (Å²) in [6, 6.07) is 7.90.